The monoisotopic (exact) mass is 249 g/mol. The second-order valence-electron chi connectivity index (χ2n) is 5.21. The Labute approximate surface area is 110 Å². The molecule has 1 amide bonds. The highest BCUT2D eigenvalue weighted by atomic mass is 16.5. The minimum absolute atomic E-state index is 0.0708. The number of amides is 1. The number of hydrogen-bond acceptors (Lipinski definition) is 2. The molecule has 0 aliphatic rings. The zero-order valence-corrected chi connectivity index (χ0v) is 11.9. The van der Waals surface area contributed by atoms with Gasteiger partial charge >= 0.3 is 0 Å². The molecule has 0 bridgehead atoms. The molecule has 1 aromatic rings. The van der Waals surface area contributed by atoms with Gasteiger partial charge in [-0.25, -0.2) is 0 Å². The third-order valence-electron chi connectivity index (χ3n) is 2.60. The van der Waals surface area contributed by atoms with Crippen molar-refractivity contribution < 1.29 is 9.53 Å². The van der Waals surface area contributed by atoms with Gasteiger partial charge in [-0.2, -0.15) is 0 Å². The second kappa shape index (κ2) is 6.43. The van der Waals surface area contributed by atoms with Gasteiger partial charge in [-0.3, -0.25) is 4.79 Å². The van der Waals surface area contributed by atoms with E-state index >= 15 is 0 Å². The molecule has 0 aliphatic heterocycles. The maximum Gasteiger partial charge on any atom is 0.258 e. The second-order valence-corrected chi connectivity index (χ2v) is 5.21. The van der Waals surface area contributed by atoms with Crippen LogP contribution in [0.3, 0.4) is 0 Å². The van der Waals surface area contributed by atoms with Gasteiger partial charge in [-0.05, 0) is 43.9 Å². The normalized spacial score (nSPS) is 10.8. The number of nitrogens with one attached hydrogen (secondary N) is 1. The van der Waals surface area contributed by atoms with Crippen LogP contribution < -0.4 is 10.1 Å². The third-order valence-corrected chi connectivity index (χ3v) is 2.60. The average molecular weight is 249 g/mol. The van der Waals surface area contributed by atoms with Gasteiger partial charge in [0.25, 0.3) is 5.91 Å². The Morgan fingerprint density at radius 2 is 1.94 bits per heavy atom. The summed E-state index contributed by atoms with van der Waals surface area (Å²) >= 11 is 0. The van der Waals surface area contributed by atoms with E-state index < -0.39 is 0 Å². The predicted octanol–water partition coefficient (Wildman–Crippen LogP) is 3.02. The number of carbonyl (C=O) groups excluding carboxylic acids is 1. The molecule has 0 atom stereocenters. The van der Waals surface area contributed by atoms with E-state index in [4.69, 9.17) is 4.74 Å². The average Bonchev–Trinajstić information content (AvgIpc) is 2.25. The number of hydrogen-bond donors (Lipinski definition) is 1. The van der Waals surface area contributed by atoms with Crippen LogP contribution in [0.1, 0.15) is 44.7 Å². The Bertz CT molecular complexity index is 411. The van der Waals surface area contributed by atoms with Crippen molar-refractivity contribution in [2.45, 2.75) is 46.6 Å². The Balaban J connectivity index is 2.71. The van der Waals surface area contributed by atoms with Gasteiger partial charge in [0, 0.05) is 6.04 Å². The lowest BCUT2D eigenvalue weighted by Gasteiger charge is -2.15. The molecule has 1 N–H and O–H groups in total. The maximum absolute atomic E-state index is 11.6. The first-order valence-corrected chi connectivity index (χ1v) is 6.43. The number of ether oxygens (including phenoxy) is 1. The Hall–Kier alpha value is -1.51. The Morgan fingerprint density at radius 3 is 2.50 bits per heavy atom. The molecule has 1 rings (SSSR count). The highest BCUT2D eigenvalue weighted by molar-refractivity contribution is 5.77. The molecular weight excluding hydrogens is 226 g/mol. The van der Waals surface area contributed by atoms with E-state index in [0.717, 1.165) is 16.9 Å². The largest absolute Gasteiger partial charge is 0.483 e. The quantitative estimate of drug-likeness (QED) is 0.871. The summed E-state index contributed by atoms with van der Waals surface area (Å²) < 4.78 is 5.63. The minimum atomic E-state index is -0.0822. The lowest BCUT2D eigenvalue weighted by molar-refractivity contribution is -0.123. The summed E-state index contributed by atoms with van der Waals surface area (Å²) in [5.41, 5.74) is 2.27. The lowest BCUT2D eigenvalue weighted by atomic mass is 10.0. The molecule has 0 fully saturated rings. The van der Waals surface area contributed by atoms with Crippen LogP contribution in [0.2, 0.25) is 0 Å². The van der Waals surface area contributed by atoms with Crippen molar-refractivity contribution in [3.05, 3.63) is 29.3 Å². The van der Waals surface area contributed by atoms with Gasteiger partial charge < -0.3 is 10.1 Å². The molecule has 18 heavy (non-hydrogen) atoms. The van der Waals surface area contributed by atoms with Gasteiger partial charge in [0.15, 0.2) is 6.61 Å². The third kappa shape index (κ3) is 4.40. The van der Waals surface area contributed by atoms with Crippen molar-refractivity contribution in [1.82, 2.24) is 5.32 Å². The summed E-state index contributed by atoms with van der Waals surface area (Å²) in [5, 5.41) is 2.81. The van der Waals surface area contributed by atoms with Gasteiger partial charge in [-0.15, -0.1) is 0 Å². The van der Waals surface area contributed by atoms with Crippen molar-refractivity contribution in [1.29, 1.82) is 0 Å². The zero-order chi connectivity index (χ0) is 13.7. The fourth-order valence-electron chi connectivity index (χ4n) is 1.75. The first kappa shape index (κ1) is 14.6. The Morgan fingerprint density at radius 1 is 1.28 bits per heavy atom. The molecule has 100 valence electrons. The van der Waals surface area contributed by atoms with Gasteiger partial charge in [0.2, 0.25) is 0 Å². The molecule has 0 saturated heterocycles. The van der Waals surface area contributed by atoms with Crippen LogP contribution in [-0.4, -0.2) is 18.6 Å². The zero-order valence-electron chi connectivity index (χ0n) is 11.9. The molecule has 0 heterocycles. The fourth-order valence-corrected chi connectivity index (χ4v) is 1.75. The van der Waals surface area contributed by atoms with Crippen LogP contribution >= 0.6 is 0 Å². The molecule has 0 aromatic heterocycles. The van der Waals surface area contributed by atoms with Crippen molar-refractivity contribution in [2.24, 2.45) is 0 Å². The number of rotatable bonds is 5. The molecule has 0 radical (unpaired) electrons. The van der Waals surface area contributed by atoms with E-state index in [9.17, 15) is 4.79 Å². The molecule has 0 spiro atoms. The van der Waals surface area contributed by atoms with Crippen LogP contribution in [0.5, 0.6) is 5.75 Å². The highest BCUT2D eigenvalue weighted by Crippen LogP contribution is 2.27. The maximum atomic E-state index is 11.6. The summed E-state index contributed by atoms with van der Waals surface area (Å²) in [4.78, 5) is 11.6. The van der Waals surface area contributed by atoms with Gasteiger partial charge in [-0.1, -0.05) is 26.0 Å². The van der Waals surface area contributed by atoms with E-state index in [2.05, 4.69) is 31.3 Å². The molecule has 0 aliphatic carbocycles. The molecule has 0 unspecified atom stereocenters. The van der Waals surface area contributed by atoms with Gasteiger partial charge in [0.1, 0.15) is 5.75 Å². The van der Waals surface area contributed by atoms with Gasteiger partial charge in [0.05, 0.1) is 0 Å². The molecule has 0 saturated carbocycles. The summed E-state index contributed by atoms with van der Waals surface area (Å²) in [6.45, 7) is 10.2. The smallest absolute Gasteiger partial charge is 0.258 e. The standard InChI is InChI=1S/C15H23NO2/c1-10(2)13-7-6-12(5)8-14(13)18-9-15(17)16-11(3)4/h6-8,10-11H,9H2,1-5H3,(H,16,17). The van der Waals surface area contributed by atoms with E-state index in [0.29, 0.717) is 5.92 Å². The molecule has 3 nitrogen and oxygen atoms in total. The van der Waals surface area contributed by atoms with Crippen LogP contribution in [0.15, 0.2) is 18.2 Å². The van der Waals surface area contributed by atoms with E-state index in [1.54, 1.807) is 0 Å². The van der Waals surface area contributed by atoms with Crippen LogP contribution in [0, 0.1) is 6.92 Å². The van der Waals surface area contributed by atoms with Crippen molar-refractivity contribution in [2.75, 3.05) is 6.61 Å². The van der Waals surface area contributed by atoms with Crippen LogP contribution in [0.4, 0.5) is 0 Å². The first-order valence-electron chi connectivity index (χ1n) is 6.43. The number of benzene rings is 1. The highest BCUT2D eigenvalue weighted by Gasteiger charge is 2.10. The Kier molecular flexibility index (Phi) is 5.20. The van der Waals surface area contributed by atoms with Crippen LogP contribution in [0.25, 0.3) is 0 Å². The molecular formula is C15H23NO2. The van der Waals surface area contributed by atoms with E-state index in [1.165, 1.54) is 0 Å². The topological polar surface area (TPSA) is 38.3 Å². The predicted molar refractivity (Wildman–Crippen MR) is 74.0 cm³/mol. The summed E-state index contributed by atoms with van der Waals surface area (Å²) in [6, 6.07) is 6.26. The van der Waals surface area contributed by atoms with Crippen molar-refractivity contribution >= 4 is 5.91 Å². The minimum Gasteiger partial charge on any atom is -0.483 e. The SMILES string of the molecule is Cc1ccc(C(C)C)c(OCC(=O)NC(C)C)c1. The van der Waals surface area contributed by atoms with E-state index in [-0.39, 0.29) is 18.6 Å². The summed E-state index contributed by atoms with van der Waals surface area (Å²) in [5.74, 6) is 1.11. The summed E-state index contributed by atoms with van der Waals surface area (Å²) in [7, 11) is 0. The number of carbonyl (C=O) groups is 1. The lowest BCUT2D eigenvalue weighted by Crippen LogP contribution is -2.34. The first-order chi connectivity index (χ1) is 8.40. The molecule has 3 heteroatoms. The van der Waals surface area contributed by atoms with Crippen LogP contribution in [-0.2, 0) is 4.79 Å². The number of aryl methyl sites for hydroxylation is 1. The fraction of sp³-hybridized carbons (Fsp3) is 0.533. The van der Waals surface area contributed by atoms with E-state index in [1.807, 2.05) is 26.8 Å². The van der Waals surface area contributed by atoms with Crippen molar-refractivity contribution in [3.8, 4) is 5.75 Å². The van der Waals surface area contributed by atoms with Crippen molar-refractivity contribution in [3.63, 3.8) is 0 Å². The molecule has 1 aromatic carbocycles. The summed E-state index contributed by atoms with van der Waals surface area (Å²) in [6.07, 6.45) is 0.